The largest absolute Gasteiger partial charge is 0.481 e. The van der Waals surface area contributed by atoms with Gasteiger partial charge in [-0.25, -0.2) is 0 Å². The normalized spacial score (nSPS) is 5.56. The highest BCUT2D eigenvalue weighted by Gasteiger charge is 1.66. The first kappa shape index (κ1) is 36.0. The third kappa shape index (κ3) is 697. The maximum Gasteiger partial charge on any atom is 0.300 e. The van der Waals surface area contributed by atoms with Crippen LogP contribution in [0.4, 0.5) is 0 Å². The van der Waals surface area contributed by atoms with Crippen molar-refractivity contribution >= 4 is 36.3 Å². The van der Waals surface area contributed by atoms with Gasteiger partial charge in [-0.05, 0) is 0 Å². The number of hydrogen-bond acceptors (Lipinski definition) is 5. The molecule has 112 valence electrons. The van der Waals surface area contributed by atoms with Crippen molar-refractivity contribution < 1.29 is 39.6 Å². The summed E-state index contributed by atoms with van der Waals surface area (Å²) >= 11 is 0. The third-order valence-electron chi connectivity index (χ3n) is 0. The van der Waals surface area contributed by atoms with Gasteiger partial charge in [-0.15, -0.1) is 12.4 Å². The Hall–Kier alpha value is -1.87. The molecule has 0 spiro atoms. The molecule has 0 aliphatic heterocycles. The van der Waals surface area contributed by atoms with Gasteiger partial charge in [-0.3, -0.25) is 19.2 Å². The summed E-state index contributed by atoms with van der Waals surface area (Å²) in [4.78, 5) is 36.0. The molecule has 9 nitrogen and oxygen atoms in total. The third-order valence-corrected chi connectivity index (χ3v) is 0. The first-order valence-corrected chi connectivity index (χ1v) is 3.71. The number of carboxylic acid groups (broad SMARTS) is 4. The molecule has 0 saturated carbocycles. The number of carboxylic acids is 4. The molecule has 0 aromatic carbocycles. The molecule has 18 heavy (non-hydrogen) atoms. The van der Waals surface area contributed by atoms with Crippen molar-refractivity contribution in [2.24, 2.45) is 0 Å². The maximum atomic E-state index is 9.00. The fraction of sp³-hybridized carbons (Fsp3) is 0.500. The van der Waals surface area contributed by atoms with Crippen LogP contribution in [0.25, 0.3) is 0 Å². The highest BCUT2D eigenvalue weighted by molar-refractivity contribution is 5.85. The molecule has 0 atom stereocenters. The molecule has 0 unspecified atom stereocenters. The predicted octanol–water partition coefficient (Wildman–Crippen LogP) is 0.947. The van der Waals surface area contributed by atoms with Crippen molar-refractivity contribution in [2.45, 2.75) is 27.7 Å². The highest BCUT2D eigenvalue weighted by atomic mass is 35.5. The molecule has 0 radical (unpaired) electrons. The molecule has 10 heteroatoms. The molecular weight excluding hydrogens is 274 g/mol. The SMILES string of the molecule is CC(=O)O.CC(=O)O.CC(=O)O.CC(=O)O.Cl.N. The van der Waals surface area contributed by atoms with E-state index in [0.717, 1.165) is 27.7 Å². The number of carbonyl (C=O) groups is 4. The fourth-order valence-corrected chi connectivity index (χ4v) is 0. The van der Waals surface area contributed by atoms with Gasteiger partial charge in [0.25, 0.3) is 23.9 Å². The van der Waals surface area contributed by atoms with E-state index >= 15 is 0 Å². The van der Waals surface area contributed by atoms with E-state index in [4.69, 9.17) is 39.6 Å². The standard InChI is InChI=1S/4C2H4O2.ClH.H3N/c4*1-2(3)4;;/h4*1H3,(H,3,4);1H;1H3. The second kappa shape index (κ2) is 29.4. The fourth-order valence-electron chi connectivity index (χ4n) is 0. The van der Waals surface area contributed by atoms with Crippen LogP contribution >= 0.6 is 12.4 Å². The summed E-state index contributed by atoms with van der Waals surface area (Å²) in [5.41, 5.74) is 0. The van der Waals surface area contributed by atoms with Gasteiger partial charge >= 0.3 is 0 Å². The summed E-state index contributed by atoms with van der Waals surface area (Å²) in [7, 11) is 0. The zero-order valence-electron chi connectivity index (χ0n) is 10.5. The average Bonchev–Trinajstić information content (AvgIpc) is 1.76. The van der Waals surface area contributed by atoms with Crippen molar-refractivity contribution in [3.05, 3.63) is 0 Å². The van der Waals surface area contributed by atoms with Crippen LogP contribution in [-0.4, -0.2) is 44.3 Å². The van der Waals surface area contributed by atoms with E-state index in [9.17, 15) is 0 Å². The summed E-state index contributed by atoms with van der Waals surface area (Å²) in [5.74, 6) is -3.33. The number of aliphatic carboxylic acids is 4. The van der Waals surface area contributed by atoms with Crippen LogP contribution < -0.4 is 6.15 Å². The van der Waals surface area contributed by atoms with E-state index < -0.39 is 23.9 Å². The van der Waals surface area contributed by atoms with Crippen molar-refractivity contribution in [1.82, 2.24) is 6.15 Å². The Morgan fingerprint density at radius 1 is 0.556 bits per heavy atom. The Kier molecular flexibility index (Phi) is 58.8. The molecule has 0 bridgehead atoms. The van der Waals surface area contributed by atoms with Gasteiger partial charge in [0, 0.05) is 27.7 Å². The van der Waals surface area contributed by atoms with Gasteiger partial charge in [0.05, 0.1) is 0 Å². The molecule has 0 aliphatic rings. The van der Waals surface area contributed by atoms with Crippen molar-refractivity contribution in [2.75, 3.05) is 0 Å². The molecule has 0 saturated heterocycles. The van der Waals surface area contributed by atoms with Crippen LogP contribution in [0.1, 0.15) is 27.7 Å². The smallest absolute Gasteiger partial charge is 0.300 e. The first-order chi connectivity index (χ1) is 6.93. The van der Waals surface area contributed by atoms with E-state index in [-0.39, 0.29) is 18.6 Å². The Balaban J connectivity index is -0.0000000257. The lowest BCUT2D eigenvalue weighted by molar-refractivity contribution is -0.135. The van der Waals surface area contributed by atoms with E-state index in [1.54, 1.807) is 0 Å². The van der Waals surface area contributed by atoms with Crippen LogP contribution in [0.3, 0.4) is 0 Å². The first-order valence-electron chi connectivity index (χ1n) is 3.71. The van der Waals surface area contributed by atoms with Crippen LogP contribution in [-0.2, 0) is 19.2 Å². The second-order valence-corrected chi connectivity index (χ2v) is 2.08. The van der Waals surface area contributed by atoms with E-state index in [0.29, 0.717) is 0 Å². The second-order valence-electron chi connectivity index (χ2n) is 2.08. The minimum atomic E-state index is -0.833. The molecule has 7 N–H and O–H groups in total. The minimum absolute atomic E-state index is 0. The van der Waals surface area contributed by atoms with Crippen molar-refractivity contribution in [3.63, 3.8) is 0 Å². The molecule has 0 heterocycles. The van der Waals surface area contributed by atoms with Crippen LogP contribution in [0, 0.1) is 0 Å². The Bertz CT molecular complexity index is 167. The molecule has 0 rings (SSSR count). The molecule has 0 aromatic rings. The molecule has 0 aromatic heterocycles. The Morgan fingerprint density at radius 3 is 0.556 bits per heavy atom. The highest BCUT2D eigenvalue weighted by Crippen LogP contribution is 1.43. The lowest BCUT2D eigenvalue weighted by atomic mass is 10.9. The van der Waals surface area contributed by atoms with Crippen LogP contribution in [0.5, 0.6) is 0 Å². The van der Waals surface area contributed by atoms with Gasteiger partial charge in [-0.1, -0.05) is 0 Å². The lowest BCUT2D eigenvalue weighted by Gasteiger charge is -1.59. The average molecular weight is 294 g/mol. The monoisotopic (exact) mass is 293 g/mol. The summed E-state index contributed by atoms with van der Waals surface area (Å²) < 4.78 is 0. The summed E-state index contributed by atoms with van der Waals surface area (Å²) in [6.07, 6.45) is 0. The van der Waals surface area contributed by atoms with Gasteiger partial charge in [0.15, 0.2) is 0 Å². The lowest BCUT2D eigenvalue weighted by Crippen LogP contribution is -1.78. The van der Waals surface area contributed by atoms with Gasteiger partial charge in [0.1, 0.15) is 0 Å². The Labute approximate surface area is 110 Å². The number of rotatable bonds is 0. The predicted molar refractivity (Wildman–Crippen MR) is 65.5 cm³/mol. The zero-order valence-corrected chi connectivity index (χ0v) is 11.4. The molecule has 0 amide bonds. The van der Waals surface area contributed by atoms with Crippen molar-refractivity contribution in [1.29, 1.82) is 0 Å². The topological polar surface area (TPSA) is 184 Å². The number of halogens is 1. The van der Waals surface area contributed by atoms with Crippen LogP contribution in [0.2, 0.25) is 0 Å². The van der Waals surface area contributed by atoms with E-state index in [2.05, 4.69) is 0 Å². The van der Waals surface area contributed by atoms with Gasteiger partial charge in [0.2, 0.25) is 0 Å². The maximum absolute atomic E-state index is 9.00. The number of hydrogen-bond donors (Lipinski definition) is 5. The van der Waals surface area contributed by atoms with Crippen molar-refractivity contribution in [3.8, 4) is 0 Å². The Morgan fingerprint density at radius 2 is 0.556 bits per heavy atom. The molecule has 0 fully saturated rings. The van der Waals surface area contributed by atoms with Gasteiger partial charge in [-0.2, -0.15) is 0 Å². The summed E-state index contributed by atoms with van der Waals surface area (Å²) in [6.45, 7) is 4.33. The summed E-state index contributed by atoms with van der Waals surface area (Å²) in [5, 5.41) is 29.7. The summed E-state index contributed by atoms with van der Waals surface area (Å²) in [6, 6.07) is 0. The zero-order chi connectivity index (χ0) is 14.3. The van der Waals surface area contributed by atoms with E-state index in [1.807, 2.05) is 0 Å². The quantitative estimate of drug-likeness (QED) is 0.433. The minimum Gasteiger partial charge on any atom is -0.481 e. The molecular formula is C8H20ClNO8. The molecule has 0 aliphatic carbocycles. The van der Waals surface area contributed by atoms with E-state index in [1.165, 1.54) is 0 Å². The van der Waals surface area contributed by atoms with Gasteiger partial charge < -0.3 is 26.6 Å². The van der Waals surface area contributed by atoms with Crippen LogP contribution in [0.15, 0.2) is 0 Å².